The van der Waals surface area contributed by atoms with E-state index in [1.807, 2.05) is 47.5 Å². The molecule has 0 unspecified atom stereocenters. The number of amides is 1. The highest BCUT2D eigenvalue weighted by molar-refractivity contribution is 6.38. The summed E-state index contributed by atoms with van der Waals surface area (Å²) in [6.45, 7) is -0.326. The van der Waals surface area contributed by atoms with Crippen LogP contribution in [0.15, 0.2) is 59.7 Å². The van der Waals surface area contributed by atoms with E-state index in [9.17, 15) is 14.7 Å². The van der Waals surface area contributed by atoms with Crippen molar-refractivity contribution in [2.45, 2.75) is 56.9 Å². The molecule has 5 aromatic rings. The lowest BCUT2D eigenvalue weighted by molar-refractivity contribution is 0.116. The van der Waals surface area contributed by atoms with Gasteiger partial charge in [0.15, 0.2) is 5.65 Å². The largest absolute Gasteiger partial charge is 0.445 e. The second kappa shape index (κ2) is 10.9. The first-order valence-electron chi connectivity index (χ1n) is 14.5. The Morgan fingerprint density at radius 1 is 1.14 bits per heavy atom. The first-order chi connectivity index (χ1) is 21.2. The summed E-state index contributed by atoms with van der Waals surface area (Å²) in [4.78, 5) is 33.2. The number of alkyl carbamates (subject to hydrolysis) is 1. The molecule has 5 heterocycles. The predicted octanol–water partition coefficient (Wildman–Crippen LogP) is 4.27. The van der Waals surface area contributed by atoms with Gasteiger partial charge in [0.2, 0.25) is 5.95 Å². The van der Waals surface area contributed by atoms with Crippen molar-refractivity contribution in [2.24, 2.45) is 14.1 Å². The van der Waals surface area contributed by atoms with Gasteiger partial charge in [-0.2, -0.15) is 10.1 Å². The number of carbonyl (C=O) groups is 1. The minimum absolute atomic E-state index is 0.0924. The normalized spacial score (nSPS) is 21.3. The fraction of sp³-hybridized carbons (Fsp3) is 0.355. The number of fused-ring (bicyclic) bond motifs is 4. The average Bonchev–Trinajstić information content (AvgIpc) is 3.69. The standard InChI is InChI=1S/C31H31ClFN7O4/c1-37-13-21-22(36-37)10-9-19(26(21)32)20-14-39(16-41)28-25(20)29(42)38(2)30(35-28)40-18-8-11-24(40)27(33)23(12-18)34-31(43)44-15-17-6-4-3-5-7-17/h3-7,9-10,13-14,18,23-24,27,41H,8,11-12,15-16H2,1-2H3,(H,34,43)/t18-,23-,24+,27-/m1/s1. The first kappa shape index (κ1) is 28.4. The van der Waals surface area contributed by atoms with E-state index in [-0.39, 0.29) is 23.9 Å². The van der Waals surface area contributed by atoms with Crippen molar-refractivity contribution in [3.05, 3.63) is 75.8 Å². The minimum atomic E-state index is -1.41. The summed E-state index contributed by atoms with van der Waals surface area (Å²) < 4.78 is 25.9. The summed E-state index contributed by atoms with van der Waals surface area (Å²) in [6, 6.07) is 11.4. The Morgan fingerprint density at radius 2 is 1.93 bits per heavy atom. The molecule has 44 heavy (non-hydrogen) atoms. The molecule has 0 spiro atoms. The molecule has 0 radical (unpaired) electrons. The number of nitrogens with one attached hydrogen (secondary N) is 1. The highest BCUT2D eigenvalue weighted by Gasteiger charge is 2.50. The third kappa shape index (κ3) is 4.60. The van der Waals surface area contributed by atoms with Gasteiger partial charge < -0.3 is 24.6 Å². The number of aromatic nitrogens is 5. The maximum Gasteiger partial charge on any atom is 0.407 e. The molecule has 2 fully saturated rings. The smallest absolute Gasteiger partial charge is 0.407 e. The zero-order valence-corrected chi connectivity index (χ0v) is 24.9. The van der Waals surface area contributed by atoms with Crippen LogP contribution < -0.4 is 15.8 Å². The lowest BCUT2D eigenvalue weighted by Gasteiger charge is -2.42. The number of halogens is 2. The maximum absolute atomic E-state index is 16.0. The molecule has 3 aromatic heterocycles. The summed E-state index contributed by atoms with van der Waals surface area (Å²) in [5.74, 6) is 0.316. The Hall–Kier alpha value is -4.42. The van der Waals surface area contributed by atoms with Crippen LogP contribution in [0, 0.1) is 0 Å². The van der Waals surface area contributed by atoms with Crippen molar-refractivity contribution in [1.82, 2.24) is 29.2 Å². The van der Waals surface area contributed by atoms with E-state index in [4.69, 9.17) is 21.3 Å². The fourth-order valence-electron chi connectivity index (χ4n) is 6.75. The van der Waals surface area contributed by atoms with Crippen molar-refractivity contribution in [2.75, 3.05) is 4.90 Å². The number of carbonyl (C=O) groups excluding carboxylic acids is 1. The van der Waals surface area contributed by atoms with Gasteiger partial charge in [0.25, 0.3) is 5.56 Å². The zero-order valence-electron chi connectivity index (χ0n) is 24.2. The average molecular weight is 620 g/mol. The predicted molar refractivity (Wildman–Crippen MR) is 164 cm³/mol. The molecule has 2 aliphatic heterocycles. The second-order valence-corrected chi connectivity index (χ2v) is 11.9. The summed E-state index contributed by atoms with van der Waals surface area (Å²) >= 11 is 6.81. The summed E-state index contributed by atoms with van der Waals surface area (Å²) in [5, 5.41) is 18.8. The van der Waals surface area contributed by atoms with E-state index in [0.717, 1.165) is 16.5 Å². The van der Waals surface area contributed by atoms with Crippen LogP contribution in [0.2, 0.25) is 5.02 Å². The van der Waals surface area contributed by atoms with Crippen molar-refractivity contribution in [1.29, 1.82) is 0 Å². The van der Waals surface area contributed by atoms with Crippen LogP contribution in [0.25, 0.3) is 33.1 Å². The molecule has 2 saturated heterocycles. The SMILES string of the molecule is Cn1cc2c(Cl)c(-c3cn(CO)c4nc(N5[C@@H]6CC[C@H]5[C@H](F)[C@H](NC(=O)OCc5ccccc5)C6)n(C)c(=O)c34)ccc2n1. The molecule has 13 heteroatoms. The minimum Gasteiger partial charge on any atom is -0.445 e. The number of aliphatic hydroxyl groups is 1. The lowest BCUT2D eigenvalue weighted by Crippen LogP contribution is -2.59. The van der Waals surface area contributed by atoms with Gasteiger partial charge in [-0.15, -0.1) is 0 Å². The van der Waals surface area contributed by atoms with Crippen LogP contribution in [0.5, 0.6) is 0 Å². The van der Waals surface area contributed by atoms with Gasteiger partial charge >= 0.3 is 6.09 Å². The van der Waals surface area contributed by atoms with Gasteiger partial charge in [0.1, 0.15) is 19.5 Å². The molecule has 0 aliphatic carbocycles. The van der Waals surface area contributed by atoms with Gasteiger partial charge in [-0.25, -0.2) is 9.18 Å². The van der Waals surface area contributed by atoms with Gasteiger partial charge in [0.05, 0.1) is 28.0 Å². The summed E-state index contributed by atoms with van der Waals surface area (Å²) in [5.41, 5.74) is 2.65. The van der Waals surface area contributed by atoms with Crippen molar-refractivity contribution in [3.63, 3.8) is 0 Å². The number of rotatable bonds is 6. The van der Waals surface area contributed by atoms with Crippen LogP contribution >= 0.6 is 11.6 Å². The molecule has 1 amide bonds. The number of benzene rings is 2. The van der Waals surface area contributed by atoms with Gasteiger partial charge in [-0.1, -0.05) is 48.0 Å². The molecular weight excluding hydrogens is 589 g/mol. The zero-order chi connectivity index (χ0) is 30.7. The van der Waals surface area contributed by atoms with Gasteiger partial charge in [-0.05, 0) is 30.9 Å². The summed E-state index contributed by atoms with van der Waals surface area (Å²) in [7, 11) is 3.43. The Kier molecular flexibility index (Phi) is 7.05. The number of aliphatic hydroxyl groups excluding tert-OH is 1. The first-order valence-corrected chi connectivity index (χ1v) is 14.9. The molecular formula is C31H31ClFN7O4. The van der Waals surface area contributed by atoms with E-state index >= 15 is 4.39 Å². The number of aryl methyl sites for hydroxylation is 1. The van der Waals surface area contributed by atoms with Crippen LogP contribution in [-0.4, -0.2) is 59.4 Å². The third-order valence-corrected chi connectivity index (χ3v) is 9.23. The second-order valence-electron chi connectivity index (χ2n) is 11.5. The molecule has 0 saturated carbocycles. The number of anilines is 1. The van der Waals surface area contributed by atoms with Gasteiger partial charge in [-0.3, -0.25) is 14.0 Å². The van der Waals surface area contributed by atoms with E-state index in [2.05, 4.69) is 10.4 Å². The lowest BCUT2D eigenvalue weighted by atomic mass is 9.95. The number of nitrogens with zero attached hydrogens (tertiary/aromatic N) is 6. The molecule has 4 atom stereocenters. The molecule has 2 aromatic carbocycles. The van der Waals surface area contributed by atoms with Crippen LogP contribution in [0.1, 0.15) is 24.8 Å². The number of hydrogen-bond acceptors (Lipinski definition) is 7. The highest BCUT2D eigenvalue weighted by Crippen LogP contribution is 2.41. The maximum atomic E-state index is 16.0. The van der Waals surface area contributed by atoms with Crippen LogP contribution in [0.4, 0.5) is 15.1 Å². The topological polar surface area (TPSA) is 119 Å². The third-order valence-electron chi connectivity index (χ3n) is 8.83. The fourth-order valence-corrected chi connectivity index (χ4v) is 7.06. The van der Waals surface area contributed by atoms with Crippen molar-refractivity contribution >= 4 is 45.6 Å². The summed E-state index contributed by atoms with van der Waals surface area (Å²) in [6.07, 6.45) is 2.96. The van der Waals surface area contributed by atoms with Crippen molar-refractivity contribution < 1.29 is 19.0 Å². The Balaban J connectivity index is 1.20. The molecule has 2 aliphatic rings. The molecule has 228 valence electrons. The van der Waals surface area contributed by atoms with Crippen molar-refractivity contribution in [3.8, 4) is 11.1 Å². The van der Waals surface area contributed by atoms with E-state index < -0.39 is 31.1 Å². The number of piperidine rings is 1. The van der Waals surface area contributed by atoms with Crippen LogP contribution in [-0.2, 0) is 32.2 Å². The number of alkyl halides is 1. The quantitative estimate of drug-likeness (QED) is 0.291. The Bertz CT molecular complexity index is 1960. The van der Waals surface area contributed by atoms with E-state index in [0.29, 0.717) is 46.7 Å². The van der Waals surface area contributed by atoms with E-state index in [1.54, 1.807) is 31.0 Å². The number of ether oxygens (including phenoxy) is 1. The van der Waals surface area contributed by atoms with Gasteiger partial charge in [0, 0.05) is 49.0 Å². The number of hydrogen-bond donors (Lipinski definition) is 2. The molecule has 2 bridgehead atoms. The Labute approximate surface area is 256 Å². The molecule has 7 rings (SSSR count). The Morgan fingerprint density at radius 3 is 2.70 bits per heavy atom. The molecule has 11 nitrogen and oxygen atoms in total. The monoisotopic (exact) mass is 619 g/mol. The van der Waals surface area contributed by atoms with E-state index in [1.165, 1.54) is 9.13 Å². The van der Waals surface area contributed by atoms with Crippen LogP contribution in [0.3, 0.4) is 0 Å². The highest BCUT2D eigenvalue weighted by atomic mass is 35.5. The molecule has 2 N–H and O–H groups in total.